The molecule has 2 atom stereocenters. The zero-order valence-corrected chi connectivity index (χ0v) is 14.1. The Hall–Kier alpha value is -0.800. The van der Waals surface area contributed by atoms with E-state index in [-0.39, 0.29) is 6.61 Å². The van der Waals surface area contributed by atoms with E-state index >= 15 is 0 Å². The number of aliphatic hydroxyl groups excluding tert-OH is 1. The highest BCUT2D eigenvalue weighted by Gasteiger charge is 2.35. The zero-order valence-electron chi connectivity index (χ0n) is 14.1. The van der Waals surface area contributed by atoms with Crippen molar-refractivity contribution in [3.05, 3.63) is 24.6 Å². The second-order valence-electron chi connectivity index (χ2n) is 6.12. The third-order valence-electron chi connectivity index (χ3n) is 4.63. The number of rotatable bonds is 12. The fourth-order valence-electron chi connectivity index (χ4n) is 3.15. The molecule has 0 aromatic rings. The average Bonchev–Trinajstić information content (AvgIpc) is 2.89. The largest absolute Gasteiger partial charge is 0.390 e. The number of unbranched alkanes of at least 4 members (excludes halogenated alkanes) is 5. The minimum absolute atomic E-state index is 0.258. The molecule has 3 nitrogen and oxygen atoms in total. The van der Waals surface area contributed by atoms with Crippen molar-refractivity contribution in [1.29, 1.82) is 0 Å². The Morgan fingerprint density at radius 3 is 2.52 bits per heavy atom. The molecular formula is C18H35N2O+. The Bertz CT molecular complexity index is 314. The predicted octanol–water partition coefficient (Wildman–Crippen LogP) is 3.91. The fourth-order valence-corrected chi connectivity index (χ4v) is 3.15. The first-order chi connectivity index (χ1) is 10.3. The lowest BCUT2D eigenvalue weighted by molar-refractivity contribution is -0.900. The predicted molar refractivity (Wildman–Crippen MR) is 90.6 cm³/mol. The summed E-state index contributed by atoms with van der Waals surface area (Å²) in [5.41, 5.74) is 0. The first kappa shape index (κ1) is 18.2. The monoisotopic (exact) mass is 295 g/mol. The number of nitrogens with one attached hydrogen (secondary N) is 1. The highest BCUT2D eigenvalue weighted by atomic mass is 16.3. The van der Waals surface area contributed by atoms with Crippen molar-refractivity contribution in [1.82, 2.24) is 5.32 Å². The van der Waals surface area contributed by atoms with Crippen molar-refractivity contribution in [2.24, 2.45) is 0 Å². The van der Waals surface area contributed by atoms with Gasteiger partial charge in [0.25, 0.3) is 0 Å². The van der Waals surface area contributed by atoms with E-state index in [2.05, 4.69) is 43.7 Å². The van der Waals surface area contributed by atoms with Gasteiger partial charge in [0.15, 0.2) is 6.17 Å². The van der Waals surface area contributed by atoms with Gasteiger partial charge >= 0.3 is 0 Å². The summed E-state index contributed by atoms with van der Waals surface area (Å²) in [5.74, 6) is 0. The lowest BCUT2D eigenvalue weighted by atomic mass is 10.1. The lowest BCUT2D eigenvalue weighted by Crippen LogP contribution is -2.54. The van der Waals surface area contributed by atoms with Gasteiger partial charge in [0.1, 0.15) is 12.7 Å². The van der Waals surface area contributed by atoms with Crippen molar-refractivity contribution < 1.29 is 9.59 Å². The maximum absolute atomic E-state index is 9.28. The number of hydrogen-bond acceptors (Lipinski definition) is 2. The first-order valence-electron chi connectivity index (χ1n) is 8.85. The highest BCUT2D eigenvalue weighted by Crippen LogP contribution is 2.22. The van der Waals surface area contributed by atoms with Crippen LogP contribution in [0.1, 0.15) is 65.2 Å². The van der Waals surface area contributed by atoms with Crippen LogP contribution in [0.25, 0.3) is 0 Å². The molecule has 122 valence electrons. The van der Waals surface area contributed by atoms with Gasteiger partial charge < -0.3 is 10.4 Å². The van der Waals surface area contributed by atoms with Crippen LogP contribution in [0.15, 0.2) is 24.6 Å². The molecule has 0 aliphatic carbocycles. The number of allylic oxidation sites excluding steroid dienone is 2. The van der Waals surface area contributed by atoms with Gasteiger partial charge in [-0.2, -0.15) is 0 Å². The van der Waals surface area contributed by atoms with Crippen LogP contribution in [0.3, 0.4) is 0 Å². The van der Waals surface area contributed by atoms with Crippen LogP contribution in [0, 0.1) is 0 Å². The highest BCUT2D eigenvalue weighted by molar-refractivity contribution is 4.86. The van der Waals surface area contributed by atoms with Gasteiger partial charge in [0.05, 0.1) is 19.4 Å². The number of quaternary nitrogens is 1. The standard InChI is InChI=1S/C18H35N2O/c1-3-5-6-7-8-9-10-11-12-13-18-19-14-15-20(18,4-2)16-17-21/h9-10,14-15,18-19,21H,3-8,11-13,16-17H2,1-2H3/q+1/b10-9+. The molecule has 0 aromatic carbocycles. The number of nitrogens with zero attached hydrogens (tertiary/aromatic N) is 1. The molecule has 0 radical (unpaired) electrons. The van der Waals surface area contributed by atoms with Crippen molar-refractivity contribution >= 4 is 0 Å². The Morgan fingerprint density at radius 2 is 1.86 bits per heavy atom. The molecule has 0 amide bonds. The van der Waals surface area contributed by atoms with E-state index in [4.69, 9.17) is 0 Å². The molecule has 0 bridgehead atoms. The SMILES string of the molecule is CCCCCC/C=C/CCCC1NC=C[N+]1(CC)CCO. The second-order valence-corrected chi connectivity index (χ2v) is 6.12. The van der Waals surface area contributed by atoms with Crippen LogP contribution < -0.4 is 5.32 Å². The summed E-state index contributed by atoms with van der Waals surface area (Å²) in [5, 5.41) is 12.7. The summed E-state index contributed by atoms with van der Waals surface area (Å²) in [6.45, 7) is 6.58. The van der Waals surface area contributed by atoms with E-state index in [9.17, 15) is 5.11 Å². The third-order valence-corrected chi connectivity index (χ3v) is 4.63. The minimum Gasteiger partial charge on any atom is -0.390 e. The quantitative estimate of drug-likeness (QED) is 0.325. The van der Waals surface area contributed by atoms with Crippen LogP contribution in [-0.2, 0) is 0 Å². The second kappa shape index (κ2) is 10.9. The molecule has 0 saturated carbocycles. The average molecular weight is 295 g/mol. The van der Waals surface area contributed by atoms with Gasteiger partial charge in [-0.3, -0.25) is 4.48 Å². The topological polar surface area (TPSA) is 32.3 Å². The van der Waals surface area contributed by atoms with E-state index < -0.39 is 0 Å². The van der Waals surface area contributed by atoms with Crippen LogP contribution in [0.5, 0.6) is 0 Å². The van der Waals surface area contributed by atoms with Crippen molar-refractivity contribution in [3.8, 4) is 0 Å². The van der Waals surface area contributed by atoms with Gasteiger partial charge in [0, 0.05) is 6.42 Å². The number of hydrogen-bond donors (Lipinski definition) is 2. The summed E-state index contributed by atoms with van der Waals surface area (Å²) >= 11 is 0. The van der Waals surface area contributed by atoms with Crippen LogP contribution in [-0.4, -0.2) is 35.5 Å². The molecule has 0 saturated heterocycles. The summed E-state index contributed by atoms with van der Waals surface area (Å²) in [6.07, 6.45) is 19.6. The van der Waals surface area contributed by atoms with Gasteiger partial charge in [-0.15, -0.1) is 0 Å². The van der Waals surface area contributed by atoms with E-state index in [0.29, 0.717) is 6.17 Å². The maximum Gasteiger partial charge on any atom is 0.166 e. The molecule has 2 N–H and O–H groups in total. The summed E-state index contributed by atoms with van der Waals surface area (Å²) < 4.78 is 0.886. The van der Waals surface area contributed by atoms with Gasteiger partial charge in [-0.05, 0) is 32.6 Å². The summed E-state index contributed by atoms with van der Waals surface area (Å²) in [7, 11) is 0. The summed E-state index contributed by atoms with van der Waals surface area (Å²) in [6, 6.07) is 0. The maximum atomic E-state index is 9.28. The number of likely N-dealkylation sites (N-methyl/N-ethyl adjacent to an activating group) is 1. The van der Waals surface area contributed by atoms with Crippen molar-refractivity contribution in [2.45, 2.75) is 71.4 Å². The molecule has 0 fully saturated rings. The van der Waals surface area contributed by atoms with E-state index in [1.165, 1.54) is 51.4 Å². The molecule has 0 spiro atoms. The van der Waals surface area contributed by atoms with E-state index in [0.717, 1.165) is 17.6 Å². The molecular weight excluding hydrogens is 260 g/mol. The normalized spacial score (nSPS) is 24.8. The molecule has 1 aliphatic rings. The van der Waals surface area contributed by atoms with Gasteiger partial charge in [-0.1, -0.05) is 38.3 Å². The molecule has 3 heteroatoms. The van der Waals surface area contributed by atoms with Crippen LogP contribution in [0.4, 0.5) is 0 Å². The molecule has 2 unspecified atom stereocenters. The molecule has 21 heavy (non-hydrogen) atoms. The lowest BCUT2D eigenvalue weighted by Gasteiger charge is -2.36. The smallest absolute Gasteiger partial charge is 0.166 e. The van der Waals surface area contributed by atoms with Gasteiger partial charge in [-0.25, -0.2) is 0 Å². The Morgan fingerprint density at radius 1 is 1.10 bits per heavy atom. The van der Waals surface area contributed by atoms with Gasteiger partial charge in [0.2, 0.25) is 0 Å². The number of aliphatic hydroxyl groups is 1. The van der Waals surface area contributed by atoms with Crippen molar-refractivity contribution in [3.63, 3.8) is 0 Å². The molecule has 1 rings (SSSR count). The van der Waals surface area contributed by atoms with Crippen LogP contribution >= 0.6 is 0 Å². The fraction of sp³-hybridized carbons (Fsp3) is 0.778. The Labute approximate surface area is 131 Å². The Kier molecular flexibility index (Phi) is 9.44. The minimum atomic E-state index is 0.258. The molecule has 1 aliphatic heterocycles. The van der Waals surface area contributed by atoms with Crippen LogP contribution in [0.2, 0.25) is 0 Å². The molecule has 1 heterocycles. The van der Waals surface area contributed by atoms with Crippen molar-refractivity contribution in [2.75, 3.05) is 19.7 Å². The Balaban J connectivity index is 2.16. The van der Waals surface area contributed by atoms with E-state index in [1.54, 1.807) is 0 Å². The van der Waals surface area contributed by atoms with E-state index in [1.807, 2.05) is 0 Å². The third kappa shape index (κ3) is 6.23. The molecule has 0 aromatic heterocycles. The first-order valence-corrected chi connectivity index (χ1v) is 8.85. The summed E-state index contributed by atoms with van der Waals surface area (Å²) in [4.78, 5) is 0. The zero-order chi connectivity index (χ0) is 15.4.